The van der Waals surface area contributed by atoms with Crippen molar-refractivity contribution < 1.29 is 9.59 Å². The molecule has 1 N–H and O–H groups in total. The van der Waals surface area contributed by atoms with Crippen LogP contribution in [0.25, 0.3) is 0 Å². The maximum Gasteiger partial charge on any atom is 0.269 e. The molecule has 0 aliphatic heterocycles. The zero-order chi connectivity index (χ0) is 18.1. The van der Waals surface area contributed by atoms with E-state index in [4.69, 9.17) is 0 Å². The fourth-order valence-corrected chi connectivity index (χ4v) is 2.33. The average Bonchev–Trinajstić information content (AvgIpc) is 2.66. The Bertz CT molecular complexity index is 704. The van der Waals surface area contributed by atoms with Crippen LogP contribution in [0, 0.1) is 0 Å². The lowest BCUT2D eigenvalue weighted by Crippen LogP contribution is -2.30. The fraction of sp³-hybridized carbons (Fsp3) is 0.368. The molecule has 2 amide bonds. The summed E-state index contributed by atoms with van der Waals surface area (Å²) in [5.41, 5.74) is 1.86. The van der Waals surface area contributed by atoms with Gasteiger partial charge in [-0.3, -0.25) is 19.6 Å². The number of pyridine rings is 2. The van der Waals surface area contributed by atoms with Gasteiger partial charge < -0.3 is 10.2 Å². The Morgan fingerprint density at radius 3 is 2.64 bits per heavy atom. The second-order valence-electron chi connectivity index (χ2n) is 5.87. The molecule has 0 bridgehead atoms. The summed E-state index contributed by atoms with van der Waals surface area (Å²) in [5.74, 6) is -0.374. The molecule has 0 aromatic carbocycles. The summed E-state index contributed by atoms with van der Waals surface area (Å²) >= 11 is 0. The molecule has 25 heavy (non-hydrogen) atoms. The Labute approximate surface area is 148 Å². The molecule has 0 saturated carbocycles. The van der Waals surface area contributed by atoms with Gasteiger partial charge in [0.1, 0.15) is 5.69 Å². The number of amides is 2. The van der Waals surface area contributed by atoms with Crippen LogP contribution in [0.3, 0.4) is 0 Å². The molecule has 2 aromatic rings. The minimum absolute atomic E-state index is 0.126. The molecule has 0 unspecified atom stereocenters. The van der Waals surface area contributed by atoms with E-state index in [0.717, 1.165) is 24.8 Å². The van der Waals surface area contributed by atoms with Gasteiger partial charge >= 0.3 is 0 Å². The second-order valence-corrected chi connectivity index (χ2v) is 5.87. The molecule has 132 valence electrons. The SMILES string of the molecule is CCCCNC(=O)c1cc(C(=O)N(C)CCc2ccncc2)ccn1. The van der Waals surface area contributed by atoms with Gasteiger partial charge in [-0.25, -0.2) is 0 Å². The zero-order valence-electron chi connectivity index (χ0n) is 14.7. The lowest BCUT2D eigenvalue weighted by Gasteiger charge is -2.17. The van der Waals surface area contributed by atoms with Gasteiger partial charge in [-0.1, -0.05) is 13.3 Å². The van der Waals surface area contributed by atoms with Crippen LogP contribution >= 0.6 is 0 Å². The Kier molecular flexibility index (Phi) is 7.07. The van der Waals surface area contributed by atoms with E-state index in [2.05, 4.69) is 22.2 Å². The van der Waals surface area contributed by atoms with Crippen molar-refractivity contribution in [2.45, 2.75) is 26.2 Å². The molecule has 0 atom stereocenters. The van der Waals surface area contributed by atoms with E-state index in [1.54, 1.807) is 36.5 Å². The van der Waals surface area contributed by atoms with Crippen LogP contribution in [-0.4, -0.2) is 46.8 Å². The molecule has 6 heteroatoms. The lowest BCUT2D eigenvalue weighted by molar-refractivity contribution is 0.0796. The predicted octanol–water partition coefficient (Wildman–Crippen LogP) is 2.32. The van der Waals surface area contributed by atoms with Crippen molar-refractivity contribution in [1.82, 2.24) is 20.2 Å². The molecule has 0 aliphatic carbocycles. The van der Waals surface area contributed by atoms with Crippen LogP contribution in [-0.2, 0) is 6.42 Å². The largest absolute Gasteiger partial charge is 0.351 e. The van der Waals surface area contributed by atoms with Crippen molar-refractivity contribution in [3.8, 4) is 0 Å². The molecule has 2 rings (SSSR count). The minimum atomic E-state index is -0.248. The highest BCUT2D eigenvalue weighted by Gasteiger charge is 2.15. The van der Waals surface area contributed by atoms with E-state index in [1.165, 1.54) is 6.20 Å². The summed E-state index contributed by atoms with van der Waals surface area (Å²) in [5, 5.41) is 2.81. The molecule has 0 saturated heterocycles. The summed E-state index contributed by atoms with van der Waals surface area (Å²) in [6.45, 7) is 3.26. The first kappa shape index (κ1) is 18.6. The topological polar surface area (TPSA) is 75.2 Å². The third-order valence-electron chi connectivity index (χ3n) is 3.89. The standard InChI is InChI=1S/C19H24N4O2/c1-3-4-9-22-18(24)17-14-16(7-12-21-17)19(25)23(2)13-8-15-5-10-20-11-6-15/h5-7,10-12,14H,3-4,8-9,13H2,1-2H3,(H,22,24). The highest BCUT2D eigenvalue weighted by molar-refractivity contribution is 5.98. The quantitative estimate of drug-likeness (QED) is 0.748. The molecule has 2 aromatic heterocycles. The molecule has 0 spiro atoms. The number of aromatic nitrogens is 2. The van der Waals surface area contributed by atoms with Crippen molar-refractivity contribution in [1.29, 1.82) is 0 Å². The molecular formula is C19H24N4O2. The van der Waals surface area contributed by atoms with E-state index < -0.39 is 0 Å². The average molecular weight is 340 g/mol. The summed E-state index contributed by atoms with van der Waals surface area (Å²) < 4.78 is 0. The number of rotatable bonds is 8. The van der Waals surface area contributed by atoms with Gasteiger partial charge in [0, 0.05) is 44.3 Å². The van der Waals surface area contributed by atoms with Crippen molar-refractivity contribution in [2.24, 2.45) is 0 Å². The summed E-state index contributed by atoms with van der Waals surface area (Å²) in [7, 11) is 1.75. The van der Waals surface area contributed by atoms with Crippen molar-refractivity contribution >= 4 is 11.8 Å². The first-order valence-corrected chi connectivity index (χ1v) is 8.50. The van der Waals surface area contributed by atoms with Crippen molar-refractivity contribution in [3.05, 3.63) is 59.7 Å². The Balaban J connectivity index is 1.96. The maximum absolute atomic E-state index is 12.6. The molecule has 2 heterocycles. The third-order valence-corrected chi connectivity index (χ3v) is 3.89. The van der Waals surface area contributed by atoms with E-state index in [-0.39, 0.29) is 17.5 Å². The number of hydrogen-bond donors (Lipinski definition) is 1. The lowest BCUT2D eigenvalue weighted by atomic mass is 10.1. The highest BCUT2D eigenvalue weighted by atomic mass is 16.2. The maximum atomic E-state index is 12.6. The van der Waals surface area contributed by atoms with Crippen molar-refractivity contribution in [2.75, 3.05) is 20.1 Å². The molecule has 6 nitrogen and oxygen atoms in total. The summed E-state index contributed by atoms with van der Waals surface area (Å²) in [6.07, 6.45) is 7.66. The number of carbonyl (C=O) groups excluding carboxylic acids is 2. The summed E-state index contributed by atoms with van der Waals surface area (Å²) in [6, 6.07) is 7.05. The smallest absolute Gasteiger partial charge is 0.269 e. The van der Waals surface area contributed by atoms with Gasteiger partial charge in [-0.15, -0.1) is 0 Å². The molecule has 0 radical (unpaired) electrons. The van der Waals surface area contributed by atoms with Crippen LogP contribution in [0.5, 0.6) is 0 Å². The number of unbranched alkanes of at least 4 members (excludes halogenated alkanes) is 1. The van der Waals surface area contributed by atoms with Crippen LogP contribution < -0.4 is 5.32 Å². The van der Waals surface area contributed by atoms with Crippen molar-refractivity contribution in [3.63, 3.8) is 0 Å². The number of nitrogens with one attached hydrogen (secondary N) is 1. The van der Waals surface area contributed by atoms with Crippen LogP contribution in [0.2, 0.25) is 0 Å². The first-order chi connectivity index (χ1) is 12.1. The summed E-state index contributed by atoms with van der Waals surface area (Å²) in [4.78, 5) is 34.3. The van der Waals surface area contributed by atoms with Gasteiger partial charge in [-0.2, -0.15) is 0 Å². The minimum Gasteiger partial charge on any atom is -0.351 e. The molecule has 0 fully saturated rings. The van der Waals surface area contributed by atoms with E-state index in [1.807, 2.05) is 12.1 Å². The zero-order valence-corrected chi connectivity index (χ0v) is 14.7. The van der Waals surface area contributed by atoms with Crippen LogP contribution in [0.4, 0.5) is 0 Å². The number of hydrogen-bond acceptors (Lipinski definition) is 4. The molecular weight excluding hydrogens is 316 g/mol. The Morgan fingerprint density at radius 1 is 1.16 bits per heavy atom. The predicted molar refractivity (Wildman–Crippen MR) is 96.4 cm³/mol. The second kappa shape index (κ2) is 9.52. The van der Waals surface area contributed by atoms with Crippen LogP contribution in [0.15, 0.2) is 42.9 Å². The normalized spacial score (nSPS) is 10.3. The van der Waals surface area contributed by atoms with E-state index in [0.29, 0.717) is 18.7 Å². The molecule has 0 aliphatic rings. The monoisotopic (exact) mass is 340 g/mol. The highest BCUT2D eigenvalue weighted by Crippen LogP contribution is 2.07. The number of likely N-dealkylation sites (N-methyl/N-ethyl adjacent to an activating group) is 1. The third kappa shape index (κ3) is 5.67. The van der Waals surface area contributed by atoms with E-state index >= 15 is 0 Å². The van der Waals surface area contributed by atoms with Crippen LogP contribution in [0.1, 0.15) is 46.2 Å². The van der Waals surface area contributed by atoms with Gasteiger partial charge in [-0.05, 0) is 42.7 Å². The van der Waals surface area contributed by atoms with Gasteiger partial charge in [0.05, 0.1) is 0 Å². The van der Waals surface area contributed by atoms with Gasteiger partial charge in [0.15, 0.2) is 0 Å². The fourth-order valence-electron chi connectivity index (χ4n) is 2.33. The Morgan fingerprint density at radius 2 is 1.92 bits per heavy atom. The van der Waals surface area contributed by atoms with Gasteiger partial charge in [0.2, 0.25) is 0 Å². The van der Waals surface area contributed by atoms with E-state index in [9.17, 15) is 9.59 Å². The van der Waals surface area contributed by atoms with Gasteiger partial charge in [0.25, 0.3) is 11.8 Å². The first-order valence-electron chi connectivity index (χ1n) is 8.50. The Hall–Kier alpha value is -2.76. The number of carbonyl (C=O) groups is 2. The number of nitrogens with zero attached hydrogens (tertiary/aromatic N) is 3.